The molecule has 0 aliphatic carbocycles. The highest BCUT2D eigenvalue weighted by Crippen LogP contribution is 2.36. The summed E-state index contributed by atoms with van der Waals surface area (Å²) in [5.41, 5.74) is -0.985. The highest BCUT2D eigenvalue weighted by Gasteiger charge is 2.60. The molecule has 23 heavy (non-hydrogen) atoms. The van der Waals surface area contributed by atoms with Gasteiger partial charge < -0.3 is 10.1 Å². The highest BCUT2D eigenvalue weighted by molar-refractivity contribution is 5.87. The minimum atomic E-state index is -5.80. The lowest BCUT2D eigenvalue weighted by atomic mass is 9.94. The minimum Gasteiger partial charge on any atom is -0.441 e. The fourth-order valence-electron chi connectivity index (χ4n) is 1.36. The number of halogens is 6. The largest absolute Gasteiger partial charge is 0.441 e. The van der Waals surface area contributed by atoms with Crippen LogP contribution < -0.4 is 5.32 Å². The summed E-state index contributed by atoms with van der Waals surface area (Å²) in [6.07, 6.45) is -15.8. The maximum Gasteiger partial charge on any atom is 0.434 e. The summed E-state index contributed by atoms with van der Waals surface area (Å²) >= 11 is 0. The van der Waals surface area contributed by atoms with Crippen molar-refractivity contribution < 1.29 is 40.7 Å². The van der Waals surface area contributed by atoms with Gasteiger partial charge in [0.05, 0.1) is 0 Å². The number of carbonyl (C=O) groups excluding carboxylic acids is 2. The smallest absolute Gasteiger partial charge is 0.434 e. The number of nitrogens with one attached hydrogen (secondary N) is 1. The van der Waals surface area contributed by atoms with Crippen molar-refractivity contribution in [2.24, 2.45) is 11.3 Å². The monoisotopic (exact) mass is 351 g/mol. The Morgan fingerprint density at radius 3 is 1.57 bits per heavy atom. The minimum absolute atomic E-state index is 0.705. The zero-order valence-electron chi connectivity index (χ0n) is 13.2. The molecular formula is C13H19F6NO3. The Bertz CT molecular complexity index is 422. The fourth-order valence-corrected chi connectivity index (χ4v) is 1.36. The first-order chi connectivity index (χ1) is 9.98. The molecule has 136 valence electrons. The summed E-state index contributed by atoms with van der Waals surface area (Å²) in [6.45, 7) is 7.12. The molecule has 0 spiro atoms. The van der Waals surface area contributed by atoms with Crippen LogP contribution in [-0.4, -0.2) is 36.4 Å². The second-order valence-corrected chi connectivity index (χ2v) is 6.35. The van der Waals surface area contributed by atoms with E-state index in [1.807, 2.05) is 0 Å². The Balaban J connectivity index is 5.30. The van der Waals surface area contributed by atoms with Gasteiger partial charge in [-0.15, -0.1) is 0 Å². The number of rotatable bonds is 4. The van der Waals surface area contributed by atoms with Gasteiger partial charge in [0, 0.05) is 5.41 Å². The molecule has 0 aliphatic heterocycles. The van der Waals surface area contributed by atoms with E-state index in [2.05, 4.69) is 10.1 Å². The average Bonchev–Trinajstić information content (AvgIpc) is 2.27. The first kappa shape index (κ1) is 21.5. The third kappa shape index (κ3) is 6.66. The van der Waals surface area contributed by atoms with Crippen molar-refractivity contribution in [3.8, 4) is 0 Å². The normalized spacial score (nSPS) is 14.8. The Hall–Kier alpha value is -1.48. The van der Waals surface area contributed by atoms with Crippen LogP contribution in [0.4, 0.5) is 26.3 Å². The van der Waals surface area contributed by atoms with Crippen LogP contribution in [0, 0.1) is 11.3 Å². The van der Waals surface area contributed by atoms with Crippen molar-refractivity contribution in [2.75, 3.05) is 0 Å². The van der Waals surface area contributed by atoms with Gasteiger partial charge in [-0.2, -0.15) is 26.3 Å². The van der Waals surface area contributed by atoms with E-state index in [9.17, 15) is 35.9 Å². The molecule has 0 radical (unpaired) electrons. The summed E-state index contributed by atoms with van der Waals surface area (Å²) in [7, 11) is 0. The number of esters is 1. The molecule has 0 saturated heterocycles. The molecule has 1 amide bonds. The van der Waals surface area contributed by atoms with Gasteiger partial charge in [0.2, 0.25) is 5.91 Å². The van der Waals surface area contributed by atoms with Gasteiger partial charge in [0.1, 0.15) is 6.04 Å². The number of ether oxygens (including phenoxy) is 1. The lowest BCUT2D eigenvalue weighted by Gasteiger charge is -2.28. The maximum atomic E-state index is 12.4. The Morgan fingerprint density at radius 2 is 1.30 bits per heavy atom. The van der Waals surface area contributed by atoms with Crippen LogP contribution in [-0.2, 0) is 14.3 Å². The number of hydrogen-bond acceptors (Lipinski definition) is 3. The fraction of sp³-hybridized carbons (Fsp3) is 0.846. The third-order valence-corrected chi connectivity index (χ3v) is 2.72. The molecule has 0 fully saturated rings. The van der Waals surface area contributed by atoms with Crippen LogP contribution >= 0.6 is 0 Å². The molecular weight excluding hydrogens is 332 g/mol. The van der Waals surface area contributed by atoms with Crippen molar-refractivity contribution in [3.05, 3.63) is 0 Å². The first-order valence-corrected chi connectivity index (χ1v) is 6.62. The molecule has 0 saturated carbocycles. The Morgan fingerprint density at radius 1 is 0.913 bits per heavy atom. The van der Waals surface area contributed by atoms with Crippen molar-refractivity contribution in [1.29, 1.82) is 0 Å². The number of amides is 1. The number of carbonyl (C=O) groups is 2. The maximum absolute atomic E-state index is 12.4. The molecule has 0 aromatic carbocycles. The number of hydrogen-bond donors (Lipinski definition) is 1. The summed E-state index contributed by atoms with van der Waals surface area (Å²) in [6, 6.07) is -1.63. The molecule has 10 heteroatoms. The van der Waals surface area contributed by atoms with E-state index in [4.69, 9.17) is 0 Å². The lowest BCUT2D eigenvalue weighted by Crippen LogP contribution is -2.53. The van der Waals surface area contributed by atoms with Gasteiger partial charge >= 0.3 is 18.3 Å². The lowest BCUT2D eigenvalue weighted by molar-refractivity contribution is -0.314. The molecule has 0 bridgehead atoms. The third-order valence-electron chi connectivity index (χ3n) is 2.72. The quantitative estimate of drug-likeness (QED) is 0.625. The molecule has 0 aliphatic rings. The van der Waals surface area contributed by atoms with Gasteiger partial charge in [0.15, 0.2) is 0 Å². The predicted octanol–water partition coefficient (Wildman–Crippen LogP) is 3.21. The van der Waals surface area contributed by atoms with Gasteiger partial charge in [-0.25, -0.2) is 4.79 Å². The van der Waals surface area contributed by atoms with Crippen LogP contribution in [0.5, 0.6) is 0 Å². The van der Waals surface area contributed by atoms with E-state index < -0.39 is 47.7 Å². The van der Waals surface area contributed by atoms with E-state index >= 15 is 0 Å². The van der Waals surface area contributed by atoms with Gasteiger partial charge in [-0.05, 0) is 5.92 Å². The van der Waals surface area contributed by atoms with E-state index in [0.717, 1.165) is 0 Å². The van der Waals surface area contributed by atoms with E-state index in [1.54, 1.807) is 0 Å². The van der Waals surface area contributed by atoms with Crippen LogP contribution in [0.3, 0.4) is 0 Å². The van der Waals surface area contributed by atoms with Crippen molar-refractivity contribution in [1.82, 2.24) is 5.32 Å². The molecule has 0 unspecified atom stereocenters. The van der Waals surface area contributed by atoms with Crippen molar-refractivity contribution in [3.63, 3.8) is 0 Å². The van der Waals surface area contributed by atoms with Gasteiger partial charge in [0.25, 0.3) is 6.10 Å². The zero-order valence-corrected chi connectivity index (χ0v) is 13.2. The molecule has 1 N–H and O–H groups in total. The van der Waals surface area contributed by atoms with Crippen LogP contribution in [0.15, 0.2) is 0 Å². The topological polar surface area (TPSA) is 55.4 Å². The van der Waals surface area contributed by atoms with E-state index in [1.165, 1.54) is 34.6 Å². The first-order valence-electron chi connectivity index (χ1n) is 6.62. The average molecular weight is 351 g/mol. The van der Waals surface area contributed by atoms with Crippen LogP contribution in [0.2, 0.25) is 0 Å². The van der Waals surface area contributed by atoms with Gasteiger partial charge in [-0.1, -0.05) is 34.6 Å². The second kappa shape index (κ2) is 6.96. The molecule has 0 aromatic rings. The summed E-state index contributed by atoms with van der Waals surface area (Å²) in [4.78, 5) is 23.5. The summed E-state index contributed by atoms with van der Waals surface area (Å²) < 4.78 is 78.1. The van der Waals surface area contributed by atoms with Crippen LogP contribution in [0.25, 0.3) is 0 Å². The molecule has 1 atom stereocenters. The van der Waals surface area contributed by atoms with E-state index in [0.29, 0.717) is 0 Å². The predicted molar refractivity (Wildman–Crippen MR) is 68.2 cm³/mol. The summed E-state index contributed by atoms with van der Waals surface area (Å²) in [5.74, 6) is -3.27. The SMILES string of the molecule is CC(C)[C@@H](NC(=O)C(C)(C)C)C(=O)OC(C(F)(F)F)C(F)(F)F. The second-order valence-electron chi connectivity index (χ2n) is 6.35. The Kier molecular flexibility index (Phi) is 6.51. The van der Waals surface area contributed by atoms with Crippen LogP contribution in [0.1, 0.15) is 34.6 Å². The van der Waals surface area contributed by atoms with Crippen molar-refractivity contribution >= 4 is 11.9 Å². The highest BCUT2D eigenvalue weighted by atomic mass is 19.4. The number of alkyl halides is 6. The van der Waals surface area contributed by atoms with Gasteiger partial charge in [-0.3, -0.25) is 4.79 Å². The molecule has 4 nitrogen and oxygen atoms in total. The zero-order chi connectivity index (χ0) is 18.8. The van der Waals surface area contributed by atoms with E-state index in [-0.39, 0.29) is 0 Å². The van der Waals surface area contributed by atoms with Crippen molar-refractivity contribution in [2.45, 2.75) is 59.1 Å². The molecule has 0 heterocycles. The molecule has 0 aromatic heterocycles. The summed E-state index contributed by atoms with van der Waals surface area (Å²) in [5, 5.41) is 2.12. The Labute approximate surface area is 129 Å². The standard InChI is InChI=1S/C13H19F6NO3/c1-6(2)7(20-10(22)11(3,4)5)8(21)23-9(12(14,15)16)13(17,18)19/h6-7,9H,1-5H3,(H,20,22)/t7-/m1/s1. The molecule has 0 rings (SSSR count).